The lowest BCUT2D eigenvalue weighted by atomic mass is 10.0. The second-order valence-corrected chi connectivity index (χ2v) is 3.61. The van der Waals surface area contributed by atoms with Crippen molar-refractivity contribution in [3.8, 4) is 5.75 Å². The van der Waals surface area contributed by atoms with E-state index in [9.17, 15) is 4.39 Å². The first-order chi connectivity index (χ1) is 7.20. The van der Waals surface area contributed by atoms with Crippen LogP contribution in [0.2, 0.25) is 0 Å². The van der Waals surface area contributed by atoms with Crippen LogP contribution >= 0.6 is 0 Å². The highest BCUT2D eigenvalue weighted by molar-refractivity contribution is 5.41. The molecule has 0 unspecified atom stereocenters. The normalized spacial score (nSPS) is 10.4. The zero-order valence-corrected chi connectivity index (χ0v) is 9.35. The summed E-state index contributed by atoms with van der Waals surface area (Å²) in [5, 5.41) is 0. The summed E-state index contributed by atoms with van der Waals surface area (Å²) in [7, 11) is 1.58. The fourth-order valence-electron chi connectivity index (χ4n) is 1.66. The molecule has 0 atom stereocenters. The van der Waals surface area contributed by atoms with Crippen LogP contribution in [0.25, 0.3) is 0 Å². The number of rotatable bonds is 5. The molecule has 0 radical (unpaired) electrons. The Labute approximate surface area is 90.2 Å². The number of methoxy groups -OCH3 is 1. The molecule has 0 aliphatic carbocycles. The Balaban J connectivity index is 2.83. The molecule has 0 heterocycles. The van der Waals surface area contributed by atoms with Crippen LogP contribution < -0.4 is 10.5 Å². The smallest absolute Gasteiger partial charge is 0.129 e. The fourth-order valence-corrected chi connectivity index (χ4v) is 1.66. The van der Waals surface area contributed by atoms with E-state index in [0.29, 0.717) is 17.9 Å². The first kappa shape index (κ1) is 12.0. The summed E-state index contributed by atoms with van der Waals surface area (Å²) in [5.41, 5.74) is 7.07. The van der Waals surface area contributed by atoms with E-state index < -0.39 is 0 Å². The van der Waals surface area contributed by atoms with Crippen LogP contribution in [0, 0.1) is 12.7 Å². The Kier molecular flexibility index (Phi) is 4.56. The van der Waals surface area contributed by atoms with Gasteiger partial charge >= 0.3 is 0 Å². The van der Waals surface area contributed by atoms with E-state index in [4.69, 9.17) is 10.5 Å². The van der Waals surface area contributed by atoms with Crippen LogP contribution in [0.5, 0.6) is 5.75 Å². The molecular formula is C12H18FNO. The van der Waals surface area contributed by atoms with Crippen LogP contribution in [0.1, 0.15) is 24.0 Å². The summed E-state index contributed by atoms with van der Waals surface area (Å²) in [5.74, 6) is 0.460. The van der Waals surface area contributed by atoms with Crippen molar-refractivity contribution < 1.29 is 9.13 Å². The van der Waals surface area contributed by atoms with Gasteiger partial charge in [-0.3, -0.25) is 0 Å². The first-order valence-corrected chi connectivity index (χ1v) is 5.22. The number of halogens is 1. The van der Waals surface area contributed by atoms with Crippen molar-refractivity contribution >= 4 is 0 Å². The van der Waals surface area contributed by atoms with Gasteiger partial charge in [-0.15, -0.1) is 0 Å². The Bertz CT molecular complexity index is 326. The van der Waals surface area contributed by atoms with Gasteiger partial charge in [-0.2, -0.15) is 0 Å². The predicted octanol–water partition coefficient (Wildman–Crippen LogP) is 2.42. The molecule has 1 aromatic rings. The van der Waals surface area contributed by atoms with Crippen molar-refractivity contribution in [1.29, 1.82) is 0 Å². The first-order valence-electron chi connectivity index (χ1n) is 5.22. The average Bonchev–Trinajstić information content (AvgIpc) is 2.24. The molecule has 2 nitrogen and oxygen atoms in total. The maximum Gasteiger partial charge on any atom is 0.129 e. The maximum absolute atomic E-state index is 13.2. The highest BCUT2D eigenvalue weighted by Gasteiger charge is 2.09. The third kappa shape index (κ3) is 2.93. The second kappa shape index (κ2) is 5.71. The number of ether oxygens (including phenoxy) is 1. The van der Waals surface area contributed by atoms with E-state index in [1.54, 1.807) is 20.1 Å². The highest BCUT2D eigenvalue weighted by Crippen LogP contribution is 2.26. The number of nitrogens with two attached hydrogens (primary N) is 1. The van der Waals surface area contributed by atoms with Crippen molar-refractivity contribution in [1.82, 2.24) is 0 Å². The van der Waals surface area contributed by atoms with Gasteiger partial charge in [-0.25, -0.2) is 4.39 Å². The molecule has 0 amide bonds. The van der Waals surface area contributed by atoms with E-state index in [1.807, 2.05) is 0 Å². The molecule has 0 aliphatic heterocycles. The molecule has 0 aliphatic rings. The summed E-state index contributed by atoms with van der Waals surface area (Å²) in [6.45, 7) is 2.43. The largest absolute Gasteiger partial charge is 0.496 e. The molecule has 0 bridgehead atoms. The van der Waals surface area contributed by atoms with E-state index in [2.05, 4.69) is 0 Å². The topological polar surface area (TPSA) is 35.2 Å². The molecule has 1 aromatic carbocycles. The van der Waals surface area contributed by atoms with Gasteiger partial charge < -0.3 is 10.5 Å². The molecule has 15 heavy (non-hydrogen) atoms. The number of benzene rings is 1. The summed E-state index contributed by atoms with van der Waals surface area (Å²) in [4.78, 5) is 0. The van der Waals surface area contributed by atoms with Crippen LogP contribution in [-0.2, 0) is 6.42 Å². The minimum absolute atomic E-state index is 0.213. The molecule has 0 fully saturated rings. The van der Waals surface area contributed by atoms with Crippen molar-refractivity contribution in [3.05, 3.63) is 29.1 Å². The lowest BCUT2D eigenvalue weighted by Crippen LogP contribution is -2.01. The molecule has 2 N–H and O–H groups in total. The van der Waals surface area contributed by atoms with Crippen molar-refractivity contribution in [2.45, 2.75) is 26.2 Å². The predicted molar refractivity (Wildman–Crippen MR) is 59.7 cm³/mol. The molecule has 0 spiro atoms. The second-order valence-electron chi connectivity index (χ2n) is 3.61. The third-order valence-electron chi connectivity index (χ3n) is 2.53. The molecular weight excluding hydrogens is 193 g/mol. The Morgan fingerprint density at radius 3 is 2.67 bits per heavy atom. The van der Waals surface area contributed by atoms with Crippen LogP contribution in [0.3, 0.4) is 0 Å². The summed E-state index contributed by atoms with van der Waals surface area (Å²) < 4.78 is 18.5. The minimum Gasteiger partial charge on any atom is -0.496 e. The highest BCUT2D eigenvalue weighted by atomic mass is 19.1. The molecule has 1 rings (SSSR count). The molecule has 0 saturated carbocycles. The van der Waals surface area contributed by atoms with Gasteiger partial charge in [-0.05, 0) is 44.4 Å². The quantitative estimate of drug-likeness (QED) is 0.759. The van der Waals surface area contributed by atoms with E-state index in [0.717, 1.165) is 24.8 Å². The third-order valence-corrected chi connectivity index (χ3v) is 2.53. The van der Waals surface area contributed by atoms with E-state index in [-0.39, 0.29) is 5.82 Å². The maximum atomic E-state index is 13.2. The van der Waals surface area contributed by atoms with Gasteiger partial charge in [-0.1, -0.05) is 6.07 Å². The van der Waals surface area contributed by atoms with Gasteiger partial charge in [0.25, 0.3) is 0 Å². The molecule has 0 saturated heterocycles. The minimum atomic E-state index is -0.213. The van der Waals surface area contributed by atoms with Crippen LogP contribution in [0.15, 0.2) is 12.1 Å². The lowest BCUT2D eigenvalue weighted by Gasteiger charge is -2.11. The van der Waals surface area contributed by atoms with E-state index >= 15 is 0 Å². The van der Waals surface area contributed by atoms with Crippen molar-refractivity contribution in [3.63, 3.8) is 0 Å². The number of aryl methyl sites for hydroxylation is 1. The molecule has 84 valence electrons. The SMILES string of the molecule is COc1c(CCCCN)ccc(F)c1C. The van der Waals surface area contributed by atoms with Crippen molar-refractivity contribution in [2.75, 3.05) is 13.7 Å². The van der Waals surface area contributed by atoms with Gasteiger partial charge in [0.2, 0.25) is 0 Å². The Morgan fingerprint density at radius 2 is 2.07 bits per heavy atom. The van der Waals surface area contributed by atoms with Gasteiger partial charge in [0, 0.05) is 5.56 Å². The summed E-state index contributed by atoms with van der Waals surface area (Å²) in [6, 6.07) is 3.29. The zero-order valence-electron chi connectivity index (χ0n) is 9.35. The number of unbranched alkanes of at least 4 members (excludes halogenated alkanes) is 1. The van der Waals surface area contributed by atoms with Crippen molar-refractivity contribution in [2.24, 2.45) is 5.73 Å². The number of hydrogen-bond acceptors (Lipinski definition) is 2. The van der Waals surface area contributed by atoms with Crippen LogP contribution in [-0.4, -0.2) is 13.7 Å². The molecule has 0 aromatic heterocycles. The van der Waals surface area contributed by atoms with E-state index in [1.165, 1.54) is 6.07 Å². The summed E-state index contributed by atoms with van der Waals surface area (Å²) >= 11 is 0. The fraction of sp³-hybridized carbons (Fsp3) is 0.500. The Morgan fingerprint density at radius 1 is 1.33 bits per heavy atom. The standard InChI is InChI=1S/C12H18FNO/c1-9-11(13)7-6-10(12(9)15-2)5-3-4-8-14/h6-7H,3-5,8,14H2,1-2H3. The van der Waals surface area contributed by atoms with Gasteiger partial charge in [0.1, 0.15) is 11.6 Å². The molecule has 3 heteroatoms. The van der Waals surface area contributed by atoms with Crippen LogP contribution in [0.4, 0.5) is 4.39 Å². The summed E-state index contributed by atoms with van der Waals surface area (Å²) in [6.07, 6.45) is 2.89. The Hall–Kier alpha value is -1.09. The monoisotopic (exact) mass is 211 g/mol. The lowest BCUT2D eigenvalue weighted by molar-refractivity contribution is 0.401. The average molecular weight is 211 g/mol. The van der Waals surface area contributed by atoms with Gasteiger partial charge in [0.15, 0.2) is 0 Å². The number of hydrogen-bond donors (Lipinski definition) is 1. The van der Waals surface area contributed by atoms with Gasteiger partial charge in [0.05, 0.1) is 7.11 Å². The zero-order chi connectivity index (χ0) is 11.3.